The number of amides is 1. The molecule has 0 radical (unpaired) electrons. The van der Waals surface area contributed by atoms with Gasteiger partial charge in [0.25, 0.3) is 0 Å². The van der Waals surface area contributed by atoms with Crippen LogP contribution < -0.4 is 10.1 Å². The highest BCUT2D eigenvalue weighted by molar-refractivity contribution is 6.30. The van der Waals surface area contributed by atoms with Gasteiger partial charge < -0.3 is 15.0 Å². The number of likely N-dealkylation sites (N-methyl/N-ethyl adjacent to an activating group) is 1. The van der Waals surface area contributed by atoms with Gasteiger partial charge in [0.05, 0.1) is 12.5 Å². The maximum absolute atomic E-state index is 12.2. The summed E-state index contributed by atoms with van der Waals surface area (Å²) in [5, 5.41) is 3.92. The van der Waals surface area contributed by atoms with Gasteiger partial charge in [-0.2, -0.15) is 0 Å². The van der Waals surface area contributed by atoms with Crippen molar-refractivity contribution in [1.29, 1.82) is 0 Å². The quantitative estimate of drug-likeness (QED) is 0.901. The van der Waals surface area contributed by atoms with Gasteiger partial charge in [-0.05, 0) is 37.6 Å². The number of nitrogens with one attached hydrogen (secondary N) is 1. The number of carbonyl (C=O) groups excluding carboxylic acids is 1. The predicted octanol–water partition coefficient (Wildman–Crippen LogP) is 2.60. The zero-order valence-corrected chi connectivity index (χ0v) is 13.8. The van der Waals surface area contributed by atoms with Gasteiger partial charge in [-0.3, -0.25) is 4.79 Å². The number of rotatable bonds is 5. The molecule has 1 atom stereocenters. The number of nitrogens with zero attached hydrogens (tertiary/aromatic N) is 1. The molecule has 1 N–H and O–H groups in total. The first-order valence-corrected chi connectivity index (χ1v) is 7.38. The number of hydrogen-bond acceptors (Lipinski definition) is 3. The SMILES string of the molecule is CN(CCOc1cccc(Cl)c1)C(=O)C1CCCNC1.Cl. The van der Waals surface area contributed by atoms with Crippen LogP contribution in [-0.4, -0.2) is 44.1 Å². The molecule has 0 saturated carbocycles. The Balaban J connectivity index is 0.00000220. The van der Waals surface area contributed by atoms with E-state index in [1.807, 2.05) is 19.2 Å². The second-order valence-electron chi connectivity index (χ2n) is 5.11. The summed E-state index contributed by atoms with van der Waals surface area (Å²) in [6, 6.07) is 7.29. The molecule has 1 aliphatic rings. The summed E-state index contributed by atoms with van der Waals surface area (Å²) in [6.45, 7) is 2.87. The third kappa shape index (κ3) is 5.73. The summed E-state index contributed by atoms with van der Waals surface area (Å²) in [4.78, 5) is 14.0. The van der Waals surface area contributed by atoms with Crippen molar-refractivity contribution >= 4 is 29.9 Å². The van der Waals surface area contributed by atoms with Crippen LogP contribution in [0.3, 0.4) is 0 Å². The second-order valence-corrected chi connectivity index (χ2v) is 5.55. The fourth-order valence-corrected chi connectivity index (χ4v) is 2.52. The van der Waals surface area contributed by atoms with Crippen molar-refractivity contribution in [2.75, 3.05) is 33.3 Å². The molecule has 1 aromatic rings. The molecule has 1 unspecified atom stereocenters. The van der Waals surface area contributed by atoms with E-state index in [1.165, 1.54) is 0 Å². The Morgan fingerprint density at radius 1 is 1.52 bits per heavy atom. The molecule has 1 amide bonds. The monoisotopic (exact) mass is 332 g/mol. The molecule has 21 heavy (non-hydrogen) atoms. The molecule has 1 aromatic carbocycles. The van der Waals surface area contributed by atoms with E-state index in [0.717, 1.165) is 31.7 Å². The minimum absolute atomic E-state index is 0. The van der Waals surface area contributed by atoms with Crippen LogP contribution in [0.2, 0.25) is 5.02 Å². The molecule has 0 aromatic heterocycles. The lowest BCUT2D eigenvalue weighted by Gasteiger charge is -2.27. The first-order chi connectivity index (χ1) is 9.66. The number of halogens is 2. The Kier molecular flexibility index (Phi) is 7.86. The van der Waals surface area contributed by atoms with E-state index in [0.29, 0.717) is 18.2 Å². The van der Waals surface area contributed by atoms with Gasteiger partial charge in [-0.15, -0.1) is 12.4 Å². The lowest BCUT2D eigenvalue weighted by atomic mass is 9.98. The molecular formula is C15H22Cl2N2O2. The second kappa shape index (κ2) is 9.13. The summed E-state index contributed by atoms with van der Waals surface area (Å²) < 4.78 is 5.60. The average Bonchev–Trinajstić information content (AvgIpc) is 2.47. The number of carbonyl (C=O) groups is 1. The van der Waals surface area contributed by atoms with Gasteiger partial charge in [0.2, 0.25) is 5.91 Å². The van der Waals surface area contributed by atoms with E-state index in [2.05, 4.69) is 5.32 Å². The highest BCUT2D eigenvalue weighted by Crippen LogP contribution is 2.17. The van der Waals surface area contributed by atoms with E-state index in [1.54, 1.807) is 17.0 Å². The first-order valence-electron chi connectivity index (χ1n) is 7.01. The number of ether oxygens (including phenoxy) is 1. The van der Waals surface area contributed by atoms with Gasteiger partial charge in [0, 0.05) is 18.6 Å². The fourth-order valence-electron chi connectivity index (χ4n) is 2.34. The standard InChI is InChI=1S/C15H21ClN2O2.ClH/c1-18(15(19)12-4-3-7-17-11-12)8-9-20-14-6-2-5-13(16)10-14;/h2,5-6,10,12,17H,3-4,7-9,11H2,1H3;1H. The Morgan fingerprint density at radius 2 is 2.33 bits per heavy atom. The minimum atomic E-state index is 0. The van der Waals surface area contributed by atoms with Crippen LogP contribution in [0.25, 0.3) is 0 Å². The first kappa shape index (κ1) is 18.1. The maximum Gasteiger partial charge on any atom is 0.226 e. The number of piperidine rings is 1. The zero-order chi connectivity index (χ0) is 14.4. The molecular weight excluding hydrogens is 311 g/mol. The smallest absolute Gasteiger partial charge is 0.226 e. The van der Waals surface area contributed by atoms with Crippen LogP contribution in [0.1, 0.15) is 12.8 Å². The summed E-state index contributed by atoms with van der Waals surface area (Å²) >= 11 is 5.89. The molecule has 1 fully saturated rings. The normalized spacial score (nSPS) is 17.7. The van der Waals surface area contributed by atoms with Gasteiger partial charge >= 0.3 is 0 Å². The van der Waals surface area contributed by atoms with Crippen LogP contribution in [0.15, 0.2) is 24.3 Å². The molecule has 1 saturated heterocycles. The topological polar surface area (TPSA) is 41.6 Å². The van der Waals surface area contributed by atoms with Crippen molar-refractivity contribution in [3.63, 3.8) is 0 Å². The molecule has 0 bridgehead atoms. The lowest BCUT2D eigenvalue weighted by molar-refractivity contribution is -0.135. The van der Waals surface area contributed by atoms with E-state index in [9.17, 15) is 4.79 Å². The fraction of sp³-hybridized carbons (Fsp3) is 0.533. The lowest BCUT2D eigenvalue weighted by Crippen LogP contribution is -2.42. The summed E-state index contributed by atoms with van der Waals surface area (Å²) in [5.41, 5.74) is 0. The van der Waals surface area contributed by atoms with E-state index < -0.39 is 0 Å². The number of benzene rings is 1. The van der Waals surface area contributed by atoms with Crippen molar-refractivity contribution in [3.05, 3.63) is 29.3 Å². The molecule has 118 valence electrons. The van der Waals surface area contributed by atoms with Crippen molar-refractivity contribution in [2.45, 2.75) is 12.8 Å². The van der Waals surface area contributed by atoms with E-state index in [-0.39, 0.29) is 24.2 Å². The van der Waals surface area contributed by atoms with E-state index in [4.69, 9.17) is 16.3 Å². The van der Waals surface area contributed by atoms with Gasteiger partial charge in [0.15, 0.2) is 0 Å². The molecule has 0 spiro atoms. The van der Waals surface area contributed by atoms with Crippen molar-refractivity contribution in [3.8, 4) is 5.75 Å². The molecule has 0 aliphatic carbocycles. The van der Waals surface area contributed by atoms with Crippen molar-refractivity contribution in [2.24, 2.45) is 5.92 Å². The largest absolute Gasteiger partial charge is 0.492 e. The number of hydrogen-bond donors (Lipinski definition) is 1. The summed E-state index contributed by atoms with van der Waals surface area (Å²) in [7, 11) is 1.83. The molecule has 1 heterocycles. The Morgan fingerprint density at radius 3 is 3.00 bits per heavy atom. The Hall–Kier alpha value is -0.970. The molecule has 6 heteroatoms. The van der Waals surface area contributed by atoms with Crippen molar-refractivity contribution in [1.82, 2.24) is 10.2 Å². The third-order valence-corrected chi connectivity index (χ3v) is 3.75. The average molecular weight is 333 g/mol. The zero-order valence-electron chi connectivity index (χ0n) is 12.2. The van der Waals surface area contributed by atoms with Gasteiger partial charge in [-0.1, -0.05) is 17.7 Å². The predicted molar refractivity (Wildman–Crippen MR) is 87.4 cm³/mol. The van der Waals surface area contributed by atoms with Crippen LogP contribution in [-0.2, 0) is 4.79 Å². The van der Waals surface area contributed by atoms with Crippen LogP contribution in [0, 0.1) is 5.92 Å². The molecule has 4 nitrogen and oxygen atoms in total. The van der Waals surface area contributed by atoms with Crippen LogP contribution >= 0.6 is 24.0 Å². The third-order valence-electron chi connectivity index (χ3n) is 3.51. The molecule has 1 aliphatic heterocycles. The highest BCUT2D eigenvalue weighted by atomic mass is 35.5. The van der Waals surface area contributed by atoms with Crippen LogP contribution in [0.5, 0.6) is 5.75 Å². The Labute approximate surface area is 137 Å². The van der Waals surface area contributed by atoms with E-state index >= 15 is 0 Å². The van der Waals surface area contributed by atoms with Gasteiger partial charge in [-0.25, -0.2) is 0 Å². The minimum Gasteiger partial charge on any atom is -0.492 e. The summed E-state index contributed by atoms with van der Waals surface area (Å²) in [5.74, 6) is 1.05. The highest BCUT2D eigenvalue weighted by Gasteiger charge is 2.23. The van der Waals surface area contributed by atoms with Crippen LogP contribution in [0.4, 0.5) is 0 Å². The van der Waals surface area contributed by atoms with Crippen molar-refractivity contribution < 1.29 is 9.53 Å². The Bertz CT molecular complexity index is 451. The summed E-state index contributed by atoms with van der Waals surface area (Å²) in [6.07, 6.45) is 2.05. The maximum atomic E-state index is 12.2. The van der Waals surface area contributed by atoms with Gasteiger partial charge in [0.1, 0.15) is 12.4 Å². The molecule has 2 rings (SSSR count).